The Bertz CT molecular complexity index is 794. The Balaban J connectivity index is 1.58. The number of hydrogen-bond donors (Lipinski definition) is 1. The fraction of sp³-hybridized carbons (Fsp3) is 0.300. The van der Waals surface area contributed by atoms with Crippen LogP contribution < -0.4 is 0 Å². The van der Waals surface area contributed by atoms with Gasteiger partial charge in [-0.3, -0.25) is 9.59 Å². The van der Waals surface area contributed by atoms with E-state index in [1.165, 1.54) is 24.3 Å². The van der Waals surface area contributed by atoms with Gasteiger partial charge >= 0.3 is 0 Å². The average molecular weight is 376 g/mol. The Labute approximate surface area is 156 Å². The summed E-state index contributed by atoms with van der Waals surface area (Å²) in [7, 11) is 0. The van der Waals surface area contributed by atoms with Gasteiger partial charge in [0.1, 0.15) is 11.6 Å². The van der Waals surface area contributed by atoms with Gasteiger partial charge in [-0.15, -0.1) is 0 Å². The van der Waals surface area contributed by atoms with Gasteiger partial charge < -0.3 is 10.0 Å². The van der Waals surface area contributed by atoms with E-state index in [1.807, 2.05) is 0 Å². The van der Waals surface area contributed by atoms with Crippen LogP contribution in [0.25, 0.3) is 0 Å². The first-order valence-electron chi connectivity index (χ1n) is 8.49. The molecule has 0 atom stereocenters. The molecule has 0 aromatic heterocycles. The minimum atomic E-state index is -0.483. The number of phenols is 1. The second kappa shape index (κ2) is 7.87. The first-order chi connectivity index (χ1) is 12.5. The third-order valence-electron chi connectivity index (χ3n) is 4.76. The highest BCUT2D eigenvalue weighted by Gasteiger charge is 2.28. The highest BCUT2D eigenvalue weighted by atomic mass is 35.5. The molecule has 1 fully saturated rings. The molecule has 2 aromatic rings. The lowest BCUT2D eigenvalue weighted by atomic mass is 9.88. The van der Waals surface area contributed by atoms with Crippen molar-refractivity contribution in [3.63, 3.8) is 0 Å². The van der Waals surface area contributed by atoms with Crippen molar-refractivity contribution < 1.29 is 19.1 Å². The summed E-state index contributed by atoms with van der Waals surface area (Å²) in [4.78, 5) is 26.6. The third-order valence-corrected chi connectivity index (χ3v) is 5.11. The standard InChI is InChI=1S/C20H19ClFNO3/c21-17-2-1-3-18(22)16(17)12-19(25)23-10-8-14(9-11-23)20(26)13-4-6-15(24)7-5-13/h1-7,14,24H,8-12H2. The van der Waals surface area contributed by atoms with E-state index in [-0.39, 0.29) is 40.4 Å². The zero-order valence-electron chi connectivity index (χ0n) is 14.1. The largest absolute Gasteiger partial charge is 0.508 e. The second-order valence-corrected chi connectivity index (χ2v) is 6.85. The lowest BCUT2D eigenvalue weighted by molar-refractivity contribution is -0.131. The Morgan fingerprint density at radius 2 is 1.77 bits per heavy atom. The van der Waals surface area contributed by atoms with Crippen molar-refractivity contribution in [2.45, 2.75) is 19.3 Å². The molecule has 1 amide bonds. The maximum absolute atomic E-state index is 13.8. The van der Waals surface area contributed by atoms with Crippen LogP contribution in [0.1, 0.15) is 28.8 Å². The van der Waals surface area contributed by atoms with Gasteiger partial charge in [0.2, 0.25) is 5.91 Å². The molecule has 1 aliphatic rings. The fourth-order valence-corrected chi connectivity index (χ4v) is 3.45. The smallest absolute Gasteiger partial charge is 0.227 e. The Morgan fingerprint density at radius 1 is 1.12 bits per heavy atom. The number of Topliss-reactive ketones (excluding diaryl/α,β-unsaturated/α-hetero) is 1. The number of carbonyl (C=O) groups excluding carboxylic acids is 2. The maximum atomic E-state index is 13.8. The summed E-state index contributed by atoms with van der Waals surface area (Å²) in [6.45, 7) is 0.915. The van der Waals surface area contributed by atoms with Gasteiger partial charge in [-0.1, -0.05) is 17.7 Å². The second-order valence-electron chi connectivity index (χ2n) is 6.44. The first kappa shape index (κ1) is 18.4. The number of carbonyl (C=O) groups is 2. The molecule has 0 saturated carbocycles. The Kier molecular flexibility index (Phi) is 5.57. The summed E-state index contributed by atoms with van der Waals surface area (Å²) in [6, 6.07) is 10.6. The first-order valence-corrected chi connectivity index (χ1v) is 8.87. The molecule has 0 radical (unpaired) electrons. The van der Waals surface area contributed by atoms with Crippen LogP contribution in [0.3, 0.4) is 0 Å². The maximum Gasteiger partial charge on any atom is 0.227 e. The van der Waals surface area contributed by atoms with Gasteiger partial charge in [0, 0.05) is 35.2 Å². The number of hydrogen-bond acceptors (Lipinski definition) is 3. The van der Waals surface area contributed by atoms with E-state index in [4.69, 9.17) is 11.6 Å². The molecule has 0 spiro atoms. The van der Waals surface area contributed by atoms with E-state index in [2.05, 4.69) is 0 Å². The van der Waals surface area contributed by atoms with Crippen LogP contribution in [0.4, 0.5) is 4.39 Å². The van der Waals surface area contributed by atoms with E-state index in [9.17, 15) is 19.1 Å². The van der Waals surface area contributed by atoms with E-state index < -0.39 is 5.82 Å². The minimum Gasteiger partial charge on any atom is -0.508 e. The molecule has 2 aromatic carbocycles. The van der Waals surface area contributed by atoms with Crippen LogP contribution in [-0.2, 0) is 11.2 Å². The molecular formula is C20H19ClFNO3. The topological polar surface area (TPSA) is 57.6 Å². The molecule has 0 aliphatic carbocycles. The van der Waals surface area contributed by atoms with Gasteiger partial charge in [0.05, 0.1) is 6.42 Å². The number of ketones is 1. The van der Waals surface area contributed by atoms with Crippen molar-refractivity contribution in [1.29, 1.82) is 0 Å². The van der Waals surface area contributed by atoms with Crippen LogP contribution in [0, 0.1) is 11.7 Å². The lowest BCUT2D eigenvalue weighted by Gasteiger charge is -2.31. The summed E-state index contributed by atoms with van der Waals surface area (Å²) in [5.74, 6) is -0.681. The van der Waals surface area contributed by atoms with Gasteiger partial charge in [-0.05, 0) is 49.2 Å². The lowest BCUT2D eigenvalue weighted by Crippen LogP contribution is -2.41. The molecule has 26 heavy (non-hydrogen) atoms. The molecule has 1 aliphatic heterocycles. The number of benzene rings is 2. The highest BCUT2D eigenvalue weighted by Crippen LogP contribution is 2.25. The van der Waals surface area contributed by atoms with Crippen molar-refractivity contribution in [2.24, 2.45) is 5.92 Å². The monoisotopic (exact) mass is 375 g/mol. The normalized spacial score (nSPS) is 15.1. The van der Waals surface area contributed by atoms with Crippen LogP contribution in [0.2, 0.25) is 5.02 Å². The number of nitrogens with zero attached hydrogens (tertiary/aromatic N) is 1. The van der Waals surface area contributed by atoms with Crippen molar-refractivity contribution in [1.82, 2.24) is 4.90 Å². The van der Waals surface area contributed by atoms with Gasteiger partial charge in [-0.25, -0.2) is 4.39 Å². The predicted molar refractivity (Wildman–Crippen MR) is 96.9 cm³/mol. The summed E-state index contributed by atoms with van der Waals surface area (Å²) in [5, 5.41) is 9.56. The van der Waals surface area contributed by atoms with Crippen LogP contribution in [0.15, 0.2) is 42.5 Å². The van der Waals surface area contributed by atoms with Crippen molar-refractivity contribution >= 4 is 23.3 Å². The quantitative estimate of drug-likeness (QED) is 0.826. The molecule has 0 bridgehead atoms. The summed E-state index contributed by atoms with van der Waals surface area (Å²) >= 11 is 5.98. The van der Waals surface area contributed by atoms with Crippen LogP contribution in [0.5, 0.6) is 5.75 Å². The summed E-state index contributed by atoms with van der Waals surface area (Å²) in [5.41, 5.74) is 0.771. The highest BCUT2D eigenvalue weighted by molar-refractivity contribution is 6.31. The van der Waals surface area contributed by atoms with E-state index >= 15 is 0 Å². The van der Waals surface area contributed by atoms with E-state index in [0.29, 0.717) is 31.5 Å². The number of rotatable bonds is 4. The average Bonchev–Trinajstić information content (AvgIpc) is 2.65. The van der Waals surface area contributed by atoms with Gasteiger partial charge in [0.15, 0.2) is 5.78 Å². The number of aromatic hydroxyl groups is 1. The number of halogens is 2. The third kappa shape index (κ3) is 4.05. The SMILES string of the molecule is O=C(c1ccc(O)cc1)C1CCN(C(=O)Cc2c(F)cccc2Cl)CC1. The summed E-state index contributed by atoms with van der Waals surface area (Å²) < 4.78 is 13.8. The Morgan fingerprint density at radius 3 is 2.38 bits per heavy atom. The number of likely N-dealkylation sites (tertiary alicyclic amines) is 1. The molecule has 1 heterocycles. The van der Waals surface area contributed by atoms with Gasteiger partial charge in [0.25, 0.3) is 0 Å². The molecule has 0 unspecified atom stereocenters. The van der Waals surface area contributed by atoms with Gasteiger partial charge in [-0.2, -0.15) is 0 Å². The minimum absolute atomic E-state index is 0.0225. The zero-order valence-corrected chi connectivity index (χ0v) is 14.9. The van der Waals surface area contributed by atoms with Crippen molar-refractivity contribution in [3.05, 3.63) is 64.4 Å². The van der Waals surface area contributed by atoms with Crippen LogP contribution >= 0.6 is 11.6 Å². The number of piperidine rings is 1. The van der Waals surface area contributed by atoms with Crippen molar-refractivity contribution in [2.75, 3.05) is 13.1 Å². The number of amides is 1. The Hall–Kier alpha value is -2.40. The molecule has 3 rings (SSSR count). The van der Waals surface area contributed by atoms with Crippen molar-refractivity contribution in [3.8, 4) is 5.75 Å². The summed E-state index contributed by atoms with van der Waals surface area (Å²) in [6.07, 6.45) is 1.05. The molecule has 1 saturated heterocycles. The predicted octanol–water partition coefficient (Wildman–Crippen LogP) is 3.85. The molecular weight excluding hydrogens is 357 g/mol. The molecule has 1 N–H and O–H groups in total. The fourth-order valence-electron chi connectivity index (χ4n) is 3.22. The van der Waals surface area contributed by atoms with E-state index in [1.54, 1.807) is 23.1 Å². The molecule has 6 heteroatoms. The van der Waals surface area contributed by atoms with E-state index in [0.717, 1.165) is 0 Å². The zero-order chi connectivity index (χ0) is 18.7. The van der Waals surface area contributed by atoms with Crippen LogP contribution in [-0.4, -0.2) is 34.8 Å². The molecule has 4 nitrogen and oxygen atoms in total. The number of phenolic OH excluding ortho intramolecular Hbond substituents is 1. The molecule has 136 valence electrons.